The molecule has 4 aromatic rings. The Balaban J connectivity index is 1.74. The number of amides is 1. The lowest BCUT2D eigenvalue weighted by molar-refractivity contribution is -0.118. The topological polar surface area (TPSA) is 46.1 Å². The van der Waals surface area contributed by atoms with E-state index in [1.165, 1.54) is 11.3 Å². The Morgan fingerprint density at radius 3 is 2.63 bits per heavy atom. The number of fused-ring (bicyclic) bond motifs is 1. The Hall–Kier alpha value is -2.76. The lowest BCUT2D eigenvalue weighted by atomic mass is 10.0. The van der Waals surface area contributed by atoms with Gasteiger partial charge in [0.05, 0.1) is 28.2 Å². The van der Waals surface area contributed by atoms with Gasteiger partial charge in [-0.3, -0.25) is 14.7 Å². The van der Waals surface area contributed by atoms with Gasteiger partial charge in [0.1, 0.15) is 0 Å². The maximum absolute atomic E-state index is 13.5. The molecule has 0 saturated heterocycles. The summed E-state index contributed by atoms with van der Waals surface area (Å²) in [6, 6.07) is 13.9. The number of aromatic nitrogens is 2. The molecular formula is C24H22ClN3OS. The molecule has 1 amide bonds. The van der Waals surface area contributed by atoms with Crippen molar-refractivity contribution in [2.24, 2.45) is 0 Å². The smallest absolute Gasteiger partial charge is 0.233 e. The number of carbonyl (C=O) groups excluding carboxylic acids is 1. The van der Waals surface area contributed by atoms with Crippen LogP contribution in [-0.2, 0) is 17.8 Å². The Kier molecular flexibility index (Phi) is 5.84. The SMILES string of the molecule is Cc1ccc(C)c(CC(=O)N(Cc2cccnc2)c2nc3c(C)ccc(Cl)c3s2)c1. The number of benzene rings is 2. The van der Waals surface area contributed by atoms with Crippen LogP contribution < -0.4 is 4.90 Å². The van der Waals surface area contributed by atoms with E-state index in [1.54, 1.807) is 17.3 Å². The monoisotopic (exact) mass is 435 g/mol. The van der Waals surface area contributed by atoms with Crippen LogP contribution in [0.25, 0.3) is 10.2 Å². The number of hydrogen-bond acceptors (Lipinski definition) is 4. The lowest BCUT2D eigenvalue weighted by Gasteiger charge is -2.20. The Labute approximate surface area is 185 Å². The number of aryl methyl sites for hydroxylation is 3. The molecule has 0 unspecified atom stereocenters. The van der Waals surface area contributed by atoms with E-state index in [1.807, 2.05) is 45.0 Å². The average Bonchev–Trinajstić information content (AvgIpc) is 3.19. The minimum Gasteiger partial charge on any atom is -0.283 e. The summed E-state index contributed by atoms with van der Waals surface area (Å²) in [4.78, 5) is 24.2. The van der Waals surface area contributed by atoms with E-state index >= 15 is 0 Å². The van der Waals surface area contributed by atoms with E-state index in [2.05, 4.69) is 23.2 Å². The molecule has 0 radical (unpaired) electrons. The highest BCUT2D eigenvalue weighted by molar-refractivity contribution is 7.23. The molecular weight excluding hydrogens is 414 g/mol. The molecule has 4 rings (SSSR count). The van der Waals surface area contributed by atoms with Gasteiger partial charge in [0.25, 0.3) is 0 Å². The number of halogens is 1. The molecule has 2 aromatic heterocycles. The third kappa shape index (κ3) is 4.23. The van der Waals surface area contributed by atoms with Gasteiger partial charge < -0.3 is 0 Å². The molecule has 0 aliphatic heterocycles. The minimum atomic E-state index is 0.000356. The van der Waals surface area contributed by atoms with Crippen LogP contribution in [0.1, 0.15) is 27.8 Å². The van der Waals surface area contributed by atoms with Crippen LogP contribution >= 0.6 is 22.9 Å². The van der Waals surface area contributed by atoms with Crippen molar-refractivity contribution < 1.29 is 4.79 Å². The largest absolute Gasteiger partial charge is 0.283 e. The van der Waals surface area contributed by atoms with E-state index in [9.17, 15) is 4.79 Å². The summed E-state index contributed by atoms with van der Waals surface area (Å²) >= 11 is 7.87. The number of anilines is 1. The van der Waals surface area contributed by atoms with Crippen LogP contribution in [-0.4, -0.2) is 15.9 Å². The van der Waals surface area contributed by atoms with Crippen LogP contribution in [0.3, 0.4) is 0 Å². The van der Waals surface area contributed by atoms with Gasteiger partial charge in [0.15, 0.2) is 5.13 Å². The number of nitrogens with zero attached hydrogens (tertiary/aromatic N) is 3. The third-order valence-corrected chi connectivity index (χ3v) is 6.67. The molecule has 0 fully saturated rings. The molecule has 0 N–H and O–H groups in total. The second-order valence-corrected chi connectivity index (χ2v) is 8.87. The molecule has 0 spiro atoms. The van der Waals surface area contributed by atoms with Gasteiger partial charge in [0, 0.05) is 12.4 Å². The highest BCUT2D eigenvalue weighted by atomic mass is 35.5. The predicted octanol–water partition coefficient (Wildman–Crippen LogP) is 6.05. The van der Waals surface area contributed by atoms with Gasteiger partial charge >= 0.3 is 0 Å². The predicted molar refractivity (Wildman–Crippen MR) is 124 cm³/mol. The first kappa shape index (κ1) is 20.5. The Morgan fingerprint density at radius 1 is 1.10 bits per heavy atom. The number of carbonyl (C=O) groups is 1. The fourth-order valence-corrected chi connectivity index (χ4v) is 4.73. The standard InChI is InChI=1S/C24H22ClN3OS/c1-15-6-7-16(2)19(11-15)12-21(29)28(14-18-5-4-10-26-13-18)24-27-22-17(3)8-9-20(25)23(22)30-24/h4-11,13H,12,14H2,1-3H3. The zero-order valence-electron chi connectivity index (χ0n) is 17.1. The van der Waals surface area contributed by atoms with Crippen LogP contribution in [0.5, 0.6) is 0 Å². The van der Waals surface area contributed by atoms with Crippen LogP contribution in [0.15, 0.2) is 54.9 Å². The lowest BCUT2D eigenvalue weighted by Crippen LogP contribution is -2.32. The third-order valence-electron chi connectivity index (χ3n) is 5.13. The average molecular weight is 436 g/mol. The molecule has 0 atom stereocenters. The van der Waals surface area contributed by atoms with Crippen molar-refractivity contribution in [3.8, 4) is 0 Å². The summed E-state index contributed by atoms with van der Waals surface area (Å²) < 4.78 is 0.905. The molecule has 0 bridgehead atoms. The van der Waals surface area contributed by atoms with Crippen LogP contribution in [0.4, 0.5) is 5.13 Å². The van der Waals surface area contributed by atoms with Gasteiger partial charge in [-0.2, -0.15) is 0 Å². The Bertz CT molecular complexity index is 1180. The molecule has 2 aromatic carbocycles. The van der Waals surface area contributed by atoms with Crippen molar-refractivity contribution in [2.75, 3.05) is 4.90 Å². The molecule has 0 saturated carbocycles. The number of thiazole rings is 1. The first-order chi connectivity index (χ1) is 14.4. The van der Waals surface area contributed by atoms with Gasteiger partial charge in [-0.25, -0.2) is 4.98 Å². The first-order valence-corrected chi connectivity index (χ1v) is 10.9. The van der Waals surface area contributed by atoms with Crippen molar-refractivity contribution in [1.82, 2.24) is 9.97 Å². The summed E-state index contributed by atoms with van der Waals surface area (Å²) in [5.41, 5.74) is 6.13. The Morgan fingerprint density at radius 2 is 1.90 bits per heavy atom. The molecule has 2 heterocycles. The van der Waals surface area contributed by atoms with E-state index in [0.717, 1.165) is 38.0 Å². The minimum absolute atomic E-state index is 0.000356. The van der Waals surface area contributed by atoms with Gasteiger partial charge in [-0.1, -0.05) is 58.8 Å². The molecule has 152 valence electrons. The molecule has 0 aliphatic rings. The summed E-state index contributed by atoms with van der Waals surface area (Å²) in [6.45, 7) is 6.49. The summed E-state index contributed by atoms with van der Waals surface area (Å²) in [5.74, 6) is 0.000356. The number of hydrogen-bond donors (Lipinski definition) is 0. The zero-order valence-corrected chi connectivity index (χ0v) is 18.7. The normalized spacial score (nSPS) is 11.1. The van der Waals surface area contributed by atoms with E-state index in [4.69, 9.17) is 16.6 Å². The maximum atomic E-state index is 13.5. The first-order valence-electron chi connectivity index (χ1n) is 9.73. The van der Waals surface area contributed by atoms with Crippen molar-refractivity contribution in [3.63, 3.8) is 0 Å². The highest BCUT2D eigenvalue weighted by Gasteiger charge is 2.22. The number of pyridine rings is 1. The molecule has 0 aliphatic carbocycles. The van der Waals surface area contributed by atoms with Crippen molar-refractivity contribution in [2.45, 2.75) is 33.7 Å². The van der Waals surface area contributed by atoms with E-state index < -0.39 is 0 Å². The molecule has 6 heteroatoms. The fourth-order valence-electron chi connectivity index (χ4n) is 3.39. The summed E-state index contributed by atoms with van der Waals surface area (Å²) in [6.07, 6.45) is 3.83. The van der Waals surface area contributed by atoms with E-state index in [0.29, 0.717) is 23.1 Å². The molecule has 4 nitrogen and oxygen atoms in total. The number of rotatable bonds is 5. The van der Waals surface area contributed by atoms with Crippen molar-refractivity contribution in [1.29, 1.82) is 0 Å². The van der Waals surface area contributed by atoms with Crippen LogP contribution in [0, 0.1) is 20.8 Å². The molecule has 30 heavy (non-hydrogen) atoms. The van der Waals surface area contributed by atoms with Crippen LogP contribution in [0.2, 0.25) is 5.02 Å². The quantitative estimate of drug-likeness (QED) is 0.383. The fraction of sp³-hybridized carbons (Fsp3) is 0.208. The van der Waals surface area contributed by atoms with E-state index in [-0.39, 0.29) is 5.91 Å². The maximum Gasteiger partial charge on any atom is 0.233 e. The van der Waals surface area contributed by atoms with Crippen molar-refractivity contribution >= 4 is 44.2 Å². The van der Waals surface area contributed by atoms with Gasteiger partial charge in [0.2, 0.25) is 5.91 Å². The highest BCUT2D eigenvalue weighted by Crippen LogP contribution is 2.36. The zero-order chi connectivity index (χ0) is 21.3. The van der Waals surface area contributed by atoms with Crippen molar-refractivity contribution in [3.05, 3.63) is 87.7 Å². The second kappa shape index (κ2) is 8.54. The van der Waals surface area contributed by atoms with Gasteiger partial charge in [-0.15, -0.1) is 0 Å². The van der Waals surface area contributed by atoms with Gasteiger partial charge in [-0.05, 0) is 55.2 Å². The second-order valence-electron chi connectivity index (χ2n) is 7.49. The summed E-state index contributed by atoms with van der Waals surface area (Å²) in [7, 11) is 0. The summed E-state index contributed by atoms with van der Waals surface area (Å²) in [5, 5.41) is 1.31.